The molecule has 0 aromatic heterocycles. The minimum atomic E-state index is -0.458. The van der Waals surface area contributed by atoms with E-state index in [1.807, 2.05) is 30.3 Å². The maximum Gasteiger partial charge on any atom is 0.311 e. The van der Waals surface area contributed by atoms with E-state index in [1.165, 1.54) is 0 Å². The van der Waals surface area contributed by atoms with E-state index in [9.17, 15) is 14.7 Å². The number of carbonyl (C=O) groups excluding carboxylic acids is 2. The Labute approximate surface area is 304 Å². The monoisotopic (exact) mass is 706 g/mol. The Morgan fingerprint density at radius 3 is 1.39 bits per heavy atom. The van der Waals surface area contributed by atoms with Gasteiger partial charge in [-0.2, -0.15) is 0 Å². The van der Waals surface area contributed by atoms with Crippen LogP contribution in [0.5, 0.6) is 11.5 Å². The molecule has 0 saturated heterocycles. The van der Waals surface area contributed by atoms with Crippen molar-refractivity contribution >= 4 is 35.5 Å². The van der Waals surface area contributed by atoms with Gasteiger partial charge in [0.2, 0.25) is 0 Å². The molecule has 268 valence electrons. The fourth-order valence-electron chi connectivity index (χ4n) is 5.46. The Morgan fingerprint density at radius 2 is 0.980 bits per heavy atom. The van der Waals surface area contributed by atoms with Crippen LogP contribution >= 0.6 is 23.5 Å². The standard InChI is InChI=1S/C42H58O5S2/c1-38(2,3)30-22-28(23-31(36(30)45)39(4,5)6)48-42(13,14)49-29-24-32(40(7,8)9)37(33(25-29)41(10,11)12)47-35(44)21-20-34(43)46-26-27-18-16-15-17-19-27/h15-19,22-25,45H,20-21,26H2,1-14H3. The summed E-state index contributed by atoms with van der Waals surface area (Å²) in [6, 6.07) is 18.1. The summed E-state index contributed by atoms with van der Waals surface area (Å²) in [6.45, 7) is 30.2. The summed E-state index contributed by atoms with van der Waals surface area (Å²) in [6.07, 6.45) is -0.119. The van der Waals surface area contributed by atoms with Crippen LogP contribution in [-0.4, -0.2) is 21.1 Å². The third kappa shape index (κ3) is 11.6. The molecule has 49 heavy (non-hydrogen) atoms. The van der Waals surface area contributed by atoms with Crippen LogP contribution in [0, 0.1) is 0 Å². The second kappa shape index (κ2) is 15.1. The maximum atomic E-state index is 13.2. The predicted molar refractivity (Wildman–Crippen MR) is 206 cm³/mol. The van der Waals surface area contributed by atoms with E-state index < -0.39 is 11.9 Å². The minimum absolute atomic E-state index is 0.0498. The van der Waals surface area contributed by atoms with Crippen LogP contribution < -0.4 is 4.74 Å². The van der Waals surface area contributed by atoms with Crippen LogP contribution in [0.2, 0.25) is 0 Å². The highest BCUT2D eigenvalue weighted by Crippen LogP contribution is 2.51. The molecule has 0 heterocycles. The third-order valence-corrected chi connectivity index (χ3v) is 10.5. The summed E-state index contributed by atoms with van der Waals surface area (Å²) >= 11 is 3.56. The van der Waals surface area contributed by atoms with Crippen LogP contribution in [0.25, 0.3) is 0 Å². The molecule has 0 saturated carbocycles. The van der Waals surface area contributed by atoms with Gasteiger partial charge < -0.3 is 14.6 Å². The van der Waals surface area contributed by atoms with E-state index in [-0.39, 0.29) is 45.2 Å². The highest BCUT2D eigenvalue weighted by molar-refractivity contribution is 8.18. The summed E-state index contributed by atoms with van der Waals surface area (Å²) < 4.78 is 11.2. The molecule has 5 nitrogen and oxygen atoms in total. The molecule has 3 rings (SSSR count). The van der Waals surface area contributed by atoms with E-state index in [1.54, 1.807) is 23.5 Å². The normalized spacial score (nSPS) is 12.9. The van der Waals surface area contributed by atoms with Crippen molar-refractivity contribution in [2.45, 2.75) is 152 Å². The summed E-state index contributed by atoms with van der Waals surface area (Å²) in [5, 5.41) is 11.3. The lowest BCUT2D eigenvalue weighted by molar-refractivity contribution is -0.148. The zero-order valence-electron chi connectivity index (χ0n) is 32.2. The van der Waals surface area contributed by atoms with Crippen molar-refractivity contribution in [3.63, 3.8) is 0 Å². The van der Waals surface area contributed by atoms with Gasteiger partial charge in [-0.25, -0.2) is 0 Å². The van der Waals surface area contributed by atoms with Gasteiger partial charge in [-0.1, -0.05) is 113 Å². The molecular weight excluding hydrogens is 649 g/mol. The molecule has 0 unspecified atom stereocenters. The van der Waals surface area contributed by atoms with E-state index in [0.29, 0.717) is 11.5 Å². The summed E-state index contributed by atoms with van der Waals surface area (Å²) in [5.74, 6) is 0.0621. The highest BCUT2D eigenvalue weighted by atomic mass is 32.2. The predicted octanol–water partition coefficient (Wildman–Crippen LogP) is 11.6. The fraction of sp³-hybridized carbons (Fsp3) is 0.524. The van der Waals surface area contributed by atoms with Gasteiger partial charge in [-0.15, -0.1) is 23.5 Å². The molecule has 0 aliphatic heterocycles. The first-order valence-corrected chi connectivity index (χ1v) is 18.8. The summed E-state index contributed by atoms with van der Waals surface area (Å²) in [5.41, 5.74) is 3.61. The molecule has 0 fully saturated rings. The Balaban J connectivity index is 1.91. The molecule has 0 aliphatic rings. The number of aromatic hydroxyl groups is 1. The quantitative estimate of drug-likeness (QED) is 0.0973. The first-order chi connectivity index (χ1) is 22.3. The number of thioether (sulfide) groups is 2. The molecule has 7 heteroatoms. The molecule has 0 radical (unpaired) electrons. The lowest BCUT2D eigenvalue weighted by Gasteiger charge is -2.32. The largest absolute Gasteiger partial charge is 0.507 e. The van der Waals surface area contributed by atoms with E-state index in [0.717, 1.165) is 37.6 Å². The van der Waals surface area contributed by atoms with Gasteiger partial charge in [-0.3, -0.25) is 9.59 Å². The molecule has 0 atom stereocenters. The van der Waals surface area contributed by atoms with Gasteiger partial charge in [0.15, 0.2) is 0 Å². The Hall–Kier alpha value is -2.90. The Morgan fingerprint density at radius 1 is 0.592 bits per heavy atom. The number of phenolic OH excluding ortho intramolecular Hbond substituents is 1. The number of ether oxygens (including phenoxy) is 2. The smallest absolute Gasteiger partial charge is 0.311 e. The minimum Gasteiger partial charge on any atom is -0.507 e. The summed E-state index contributed by atoms with van der Waals surface area (Å²) in [4.78, 5) is 27.9. The maximum absolute atomic E-state index is 13.2. The molecule has 3 aromatic carbocycles. The van der Waals surface area contributed by atoms with Crippen molar-refractivity contribution < 1.29 is 24.2 Å². The number of hydrogen-bond acceptors (Lipinski definition) is 7. The van der Waals surface area contributed by atoms with Crippen molar-refractivity contribution in [3.05, 3.63) is 82.4 Å². The zero-order chi connectivity index (χ0) is 37.2. The topological polar surface area (TPSA) is 72.8 Å². The molecule has 1 N–H and O–H groups in total. The number of hydrogen-bond donors (Lipinski definition) is 1. The third-order valence-electron chi connectivity index (χ3n) is 8.10. The van der Waals surface area contributed by atoms with Crippen molar-refractivity contribution in [1.29, 1.82) is 0 Å². The van der Waals surface area contributed by atoms with Crippen molar-refractivity contribution in [2.75, 3.05) is 0 Å². The highest BCUT2D eigenvalue weighted by Gasteiger charge is 2.33. The average Bonchev–Trinajstić information content (AvgIpc) is 2.94. The van der Waals surface area contributed by atoms with Crippen molar-refractivity contribution in [2.24, 2.45) is 0 Å². The zero-order valence-corrected chi connectivity index (χ0v) is 33.8. The fourth-order valence-corrected chi connectivity index (χ4v) is 8.05. The number of benzene rings is 3. The van der Waals surface area contributed by atoms with Crippen LogP contribution in [0.4, 0.5) is 0 Å². The lowest BCUT2D eigenvalue weighted by Crippen LogP contribution is -2.23. The molecule has 0 bridgehead atoms. The van der Waals surface area contributed by atoms with Crippen LogP contribution in [-0.2, 0) is 42.6 Å². The number of esters is 2. The Kier molecular flexibility index (Phi) is 12.5. The number of rotatable bonds is 10. The van der Waals surface area contributed by atoms with Gasteiger partial charge >= 0.3 is 11.9 Å². The van der Waals surface area contributed by atoms with Crippen LogP contribution in [0.15, 0.2) is 64.4 Å². The number of phenols is 1. The first-order valence-electron chi connectivity index (χ1n) is 17.1. The van der Waals surface area contributed by atoms with Gasteiger partial charge in [-0.05, 0) is 65.3 Å². The van der Waals surface area contributed by atoms with Crippen molar-refractivity contribution in [3.8, 4) is 11.5 Å². The van der Waals surface area contributed by atoms with Gasteiger partial charge in [0, 0.05) is 32.0 Å². The van der Waals surface area contributed by atoms with E-state index in [2.05, 4.69) is 121 Å². The second-order valence-electron chi connectivity index (χ2n) is 17.4. The second-order valence-corrected chi connectivity index (χ2v) is 21.1. The van der Waals surface area contributed by atoms with Gasteiger partial charge in [0.25, 0.3) is 0 Å². The average molecular weight is 707 g/mol. The molecular formula is C42H58O5S2. The van der Waals surface area contributed by atoms with E-state index in [4.69, 9.17) is 9.47 Å². The lowest BCUT2D eigenvalue weighted by atomic mass is 9.79. The van der Waals surface area contributed by atoms with E-state index >= 15 is 0 Å². The first kappa shape index (κ1) is 40.5. The SMILES string of the molecule is CC(C)(Sc1cc(C(C)(C)C)c(O)c(C(C)(C)C)c1)Sc1cc(C(C)(C)C)c(OC(=O)CCC(=O)OCc2ccccc2)c(C(C)(C)C)c1. The van der Waals surface area contributed by atoms with Crippen molar-refractivity contribution in [1.82, 2.24) is 0 Å². The molecule has 0 amide bonds. The molecule has 0 aliphatic carbocycles. The Bertz CT molecular complexity index is 1560. The van der Waals surface area contributed by atoms with Gasteiger partial charge in [0.1, 0.15) is 18.1 Å². The number of carbonyl (C=O) groups is 2. The molecule has 0 spiro atoms. The summed E-state index contributed by atoms with van der Waals surface area (Å²) in [7, 11) is 0. The van der Waals surface area contributed by atoms with Crippen LogP contribution in [0.3, 0.4) is 0 Å². The molecule has 3 aromatic rings. The van der Waals surface area contributed by atoms with Crippen LogP contribution in [0.1, 0.15) is 138 Å². The van der Waals surface area contributed by atoms with Gasteiger partial charge in [0.05, 0.1) is 16.9 Å².